The topological polar surface area (TPSA) is 80.1 Å². The predicted molar refractivity (Wildman–Crippen MR) is 112 cm³/mol. The Labute approximate surface area is 173 Å². The van der Waals surface area contributed by atoms with Crippen molar-refractivity contribution in [2.45, 2.75) is 14.4 Å². The summed E-state index contributed by atoms with van der Waals surface area (Å²) < 4.78 is 1.61. The second kappa shape index (κ2) is 10.4. The van der Waals surface area contributed by atoms with Gasteiger partial charge in [0.25, 0.3) is 5.91 Å². The summed E-state index contributed by atoms with van der Waals surface area (Å²) >= 11 is 10.3. The molecule has 0 spiro atoms. The van der Waals surface area contributed by atoms with Crippen LogP contribution in [-0.2, 0) is 10.5 Å². The van der Waals surface area contributed by atoms with Crippen molar-refractivity contribution in [1.82, 2.24) is 20.6 Å². The van der Waals surface area contributed by atoms with Gasteiger partial charge >= 0.3 is 0 Å². The molecular formula is C17H14ClN5OS3. The first-order valence-corrected chi connectivity index (χ1v) is 10.9. The highest BCUT2D eigenvalue weighted by atomic mass is 35.5. The zero-order chi connectivity index (χ0) is 18.9. The minimum atomic E-state index is -0.210. The van der Waals surface area contributed by atoms with Gasteiger partial charge in [-0.25, -0.2) is 5.43 Å². The molecule has 0 fully saturated rings. The highest BCUT2D eigenvalue weighted by Gasteiger charge is 2.08. The molecule has 2 heterocycles. The van der Waals surface area contributed by atoms with Gasteiger partial charge in [-0.15, -0.1) is 10.2 Å². The maximum absolute atomic E-state index is 11.8. The SMILES string of the molecule is O=C(CSc1nnc(SCc2ccc(Cl)cc2)s1)N/N=C/c1ccccn1. The van der Waals surface area contributed by atoms with Gasteiger partial charge in [-0.3, -0.25) is 9.78 Å². The molecule has 1 amide bonds. The van der Waals surface area contributed by atoms with E-state index in [1.165, 1.54) is 34.9 Å². The molecule has 27 heavy (non-hydrogen) atoms. The Kier molecular flexibility index (Phi) is 7.64. The van der Waals surface area contributed by atoms with Gasteiger partial charge in [-0.05, 0) is 29.8 Å². The summed E-state index contributed by atoms with van der Waals surface area (Å²) in [6.07, 6.45) is 3.16. The van der Waals surface area contributed by atoms with Crippen molar-refractivity contribution < 1.29 is 4.79 Å². The zero-order valence-electron chi connectivity index (χ0n) is 13.9. The summed E-state index contributed by atoms with van der Waals surface area (Å²) in [5.74, 6) is 0.799. The molecule has 138 valence electrons. The van der Waals surface area contributed by atoms with Gasteiger partial charge in [0.05, 0.1) is 17.7 Å². The Morgan fingerprint density at radius 1 is 1.15 bits per heavy atom. The van der Waals surface area contributed by atoms with Crippen LogP contribution in [0.2, 0.25) is 5.02 Å². The number of aromatic nitrogens is 3. The van der Waals surface area contributed by atoms with Crippen LogP contribution in [0.25, 0.3) is 0 Å². The number of amides is 1. The summed E-state index contributed by atoms with van der Waals surface area (Å²) in [6, 6.07) is 13.2. The Hall–Kier alpha value is -1.94. The van der Waals surface area contributed by atoms with Gasteiger partial charge in [-0.2, -0.15) is 5.10 Å². The number of carbonyl (C=O) groups excluding carboxylic acids is 1. The van der Waals surface area contributed by atoms with E-state index in [-0.39, 0.29) is 11.7 Å². The van der Waals surface area contributed by atoms with E-state index in [0.717, 1.165) is 19.5 Å². The van der Waals surface area contributed by atoms with E-state index < -0.39 is 0 Å². The van der Waals surface area contributed by atoms with E-state index in [1.807, 2.05) is 36.4 Å². The van der Waals surface area contributed by atoms with Crippen LogP contribution < -0.4 is 5.43 Å². The number of hydrogen-bond donors (Lipinski definition) is 1. The molecule has 0 aliphatic carbocycles. The number of halogens is 1. The normalized spacial score (nSPS) is 11.0. The maximum Gasteiger partial charge on any atom is 0.250 e. The minimum Gasteiger partial charge on any atom is -0.272 e. The van der Waals surface area contributed by atoms with Crippen molar-refractivity contribution in [3.63, 3.8) is 0 Å². The summed E-state index contributed by atoms with van der Waals surface area (Å²) in [4.78, 5) is 15.9. The average molecular weight is 436 g/mol. The van der Waals surface area contributed by atoms with Crippen LogP contribution in [0.5, 0.6) is 0 Å². The number of pyridine rings is 1. The molecule has 0 unspecified atom stereocenters. The Morgan fingerprint density at radius 3 is 2.67 bits per heavy atom. The lowest BCUT2D eigenvalue weighted by Crippen LogP contribution is -2.19. The molecule has 2 aromatic heterocycles. The number of nitrogens with one attached hydrogen (secondary N) is 1. The van der Waals surface area contributed by atoms with Crippen LogP contribution in [0.4, 0.5) is 0 Å². The largest absolute Gasteiger partial charge is 0.272 e. The van der Waals surface area contributed by atoms with Crippen molar-refractivity contribution in [1.29, 1.82) is 0 Å². The molecule has 0 saturated carbocycles. The fourth-order valence-corrected chi connectivity index (χ4v) is 4.72. The number of hydrogen-bond acceptors (Lipinski definition) is 8. The molecule has 0 radical (unpaired) electrons. The van der Waals surface area contributed by atoms with Gasteiger partial charge in [0.2, 0.25) is 0 Å². The molecule has 10 heteroatoms. The highest BCUT2D eigenvalue weighted by molar-refractivity contribution is 8.03. The van der Waals surface area contributed by atoms with Gasteiger partial charge in [0.15, 0.2) is 8.68 Å². The van der Waals surface area contributed by atoms with Crippen LogP contribution in [0.15, 0.2) is 62.4 Å². The molecule has 0 saturated heterocycles. The predicted octanol–water partition coefficient (Wildman–Crippen LogP) is 4.12. The fraction of sp³-hybridized carbons (Fsp3) is 0.118. The second-order valence-corrected chi connectivity index (χ2v) is 8.94. The third-order valence-electron chi connectivity index (χ3n) is 3.06. The lowest BCUT2D eigenvalue weighted by Gasteiger charge is -1.98. The van der Waals surface area contributed by atoms with E-state index in [9.17, 15) is 4.79 Å². The second-order valence-electron chi connectivity index (χ2n) is 5.09. The monoisotopic (exact) mass is 435 g/mol. The average Bonchev–Trinajstić information content (AvgIpc) is 3.15. The van der Waals surface area contributed by atoms with Gasteiger partial charge in [0, 0.05) is 17.0 Å². The number of rotatable bonds is 8. The van der Waals surface area contributed by atoms with Crippen LogP contribution in [0, 0.1) is 0 Å². The van der Waals surface area contributed by atoms with Crippen LogP contribution in [0.3, 0.4) is 0 Å². The molecule has 0 aliphatic heterocycles. The van der Waals surface area contributed by atoms with Crippen LogP contribution in [0.1, 0.15) is 11.3 Å². The number of benzene rings is 1. The molecular weight excluding hydrogens is 422 g/mol. The lowest BCUT2D eigenvalue weighted by atomic mass is 10.2. The smallest absolute Gasteiger partial charge is 0.250 e. The van der Waals surface area contributed by atoms with E-state index in [2.05, 4.69) is 25.7 Å². The molecule has 3 rings (SSSR count). The first kappa shape index (κ1) is 19.8. The van der Waals surface area contributed by atoms with E-state index in [4.69, 9.17) is 11.6 Å². The highest BCUT2D eigenvalue weighted by Crippen LogP contribution is 2.30. The molecule has 0 atom stereocenters. The molecule has 1 aromatic carbocycles. The van der Waals surface area contributed by atoms with E-state index in [1.54, 1.807) is 24.0 Å². The third-order valence-corrected chi connectivity index (χ3v) is 6.58. The Morgan fingerprint density at radius 2 is 1.93 bits per heavy atom. The third kappa shape index (κ3) is 6.94. The zero-order valence-corrected chi connectivity index (χ0v) is 17.1. The van der Waals surface area contributed by atoms with Crippen molar-refractivity contribution in [2.75, 3.05) is 5.75 Å². The first-order valence-electron chi connectivity index (χ1n) is 7.75. The number of hydrazone groups is 1. The summed E-state index contributed by atoms with van der Waals surface area (Å²) in [6.45, 7) is 0. The quantitative estimate of drug-likeness (QED) is 0.325. The number of thioether (sulfide) groups is 2. The molecule has 3 aromatic rings. The molecule has 0 bridgehead atoms. The Bertz CT molecular complexity index is 902. The molecule has 1 N–H and O–H groups in total. The van der Waals surface area contributed by atoms with Crippen molar-refractivity contribution >= 4 is 58.6 Å². The maximum atomic E-state index is 11.8. The number of carbonyl (C=O) groups is 1. The summed E-state index contributed by atoms with van der Waals surface area (Å²) in [5.41, 5.74) is 4.31. The van der Waals surface area contributed by atoms with E-state index in [0.29, 0.717) is 5.69 Å². The summed E-state index contributed by atoms with van der Waals surface area (Å²) in [7, 11) is 0. The first-order chi connectivity index (χ1) is 13.2. The van der Waals surface area contributed by atoms with E-state index >= 15 is 0 Å². The van der Waals surface area contributed by atoms with Crippen molar-refractivity contribution in [2.24, 2.45) is 5.10 Å². The van der Waals surface area contributed by atoms with Gasteiger partial charge < -0.3 is 0 Å². The minimum absolute atomic E-state index is 0.210. The lowest BCUT2D eigenvalue weighted by molar-refractivity contribution is -0.118. The molecule has 6 nitrogen and oxygen atoms in total. The van der Waals surface area contributed by atoms with Crippen LogP contribution >= 0.6 is 46.5 Å². The summed E-state index contributed by atoms with van der Waals surface area (Å²) in [5, 5.41) is 12.9. The van der Waals surface area contributed by atoms with Crippen molar-refractivity contribution in [3.05, 3.63) is 64.9 Å². The van der Waals surface area contributed by atoms with Crippen molar-refractivity contribution in [3.8, 4) is 0 Å². The standard InChI is InChI=1S/C17H14ClN5OS3/c18-13-6-4-12(5-7-13)10-25-16-22-23-17(27-16)26-11-15(24)21-20-9-14-3-1-2-8-19-14/h1-9H,10-11H2,(H,21,24)/b20-9+. The van der Waals surface area contributed by atoms with Gasteiger partial charge in [-0.1, -0.05) is 64.7 Å². The fourth-order valence-electron chi connectivity index (χ4n) is 1.82. The Balaban J connectivity index is 1.40. The number of nitrogens with zero attached hydrogens (tertiary/aromatic N) is 4. The van der Waals surface area contributed by atoms with Gasteiger partial charge in [0.1, 0.15) is 0 Å². The van der Waals surface area contributed by atoms with Crippen LogP contribution in [-0.4, -0.2) is 33.1 Å². The molecule has 0 aliphatic rings.